The van der Waals surface area contributed by atoms with Gasteiger partial charge in [0.25, 0.3) is 5.91 Å². The number of carbonyl (C=O) groups is 2. The summed E-state index contributed by atoms with van der Waals surface area (Å²) in [5.41, 5.74) is 6.32. The van der Waals surface area contributed by atoms with E-state index in [1.54, 1.807) is 6.92 Å². The maximum Gasteiger partial charge on any atom is 0.337 e. The number of nitrogens with two attached hydrogens (primary N) is 1. The van der Waals surface area contributed by atoms with E-state index in [1.165, 1.54) is 30.5 Å². The van der Waals surface area contributed by atoms with Crippen LogP contribution in [0.5, 0.6) is 0 Å². The van der Waals surface area contributed by atoms with Crippen molar-refractivity contribution < 1.29 is 19.1 Å². The van der Waals surface area contributed by atoms with E-state index >= 15 is 0 Å². The maximum absolute atomic E-state index is 12.0. The fourth-order valence-electron chi connectivity index (χ4n) is 1.66. The van der Waals surface area contributed by atoms with Crippen LogP contribution in [0.4, 0.5) is 11.4 Å². The van der Waals surface area contributed by atoms with Crippen molar-refractivity contribution in [3.8, 4) is 0 Å². The van der Waals surface area contributed by atoms with Crippen molar-refractivity contribution in [1.82, 2.24) is 0 Å². The summed E-state index contributed by atoms with van der Waals surface area (Å²) in [5, 5.41) is 11.6. The Labute approximate surface area is 108 Å². The normalized spacial score (nSPS) is 10.2. The number of hydrogen-bond donors (Lipinski definition) is 3. The smallest absolute Gasteiger partial charge is 0.337 e. The van der Waals surface area contributed by atoms with E-state index in [9.17, 15) is 9.59 Å². The second kappa shape index (κ2) is 4.85. The van der Waals surface area contributed by atoms with E-state index in [0.29, 0.717) is 17.0 Å². The largest absolute Gasteiger partial charge is 0.478 e. The van der Waals surface area contributed by atoms with Gasteiger partial charge in [-0.2, -0.15) is 0 Å². The van der Waals surface area contributed by atoms with Crippen LogP contribution in [0.25, 0.3) is 0 Å². The second-order valence-electron chi connectivity index (χ2n) is 3.95. The molecule has 1 heterocycles. The molecule has 0 radical (unpaired) electrons. The molecule has 1 amide bonds. The van der Waals surface area contributed by atoms with Crippen LogP contribution in [0, 0.1) is 6.92 Å². The third-order valence-electron chi connectivity index (χ3n) is 2.63. The summed E-state index contributed by atoms with van der Waals surface area (Å²) in [7, 11) is 0. The molecule has 1 aromatic carbocycles. The number of amides is 1. The predicted octanol–water partition coefficient (Wildman–Crippen LogP) is 2.12. The Morgan fingerprint density at radius 2 is 2.00 bits per heavy atom. The molecule has 0 spiro atoms. The number of rotatable bonds is 3. The van der Waals surface area contributed by atoms with Gasteiger partial charge < -0.3 is 20.6 Å². The van der Waals surface area contributed by atoms with Gasteiger partial charge in [-0.1, -0.05) is 0 Å². The first-order valence-electron chi connectivity index (χ1n) is 5.47. The Morgan fingerprint density at radius 3 is 2.58 bits per heavy atom. The van der Waals surface area contributed by atoms with Crippen molar-refractivity contribution in [2.45, 2.75) is 6.92 Å². The van der Waals surface area contributed by atoms with Crippen molar-refractivity contribution in [3.05, 3.63) is 47.4 Å². The highest BCUT2D eigenvalue weighted by Gasteiger charge is 2.16. The molecule has 0 aliphatic rings. The maximum atomic E-state index is 12.0. The Bertz CT molecular complexity index is 646. The van der Waals surface area contributed by atoms with E-state index < -0.39 is 11.9 Å². The van der Waals surface area contributed by atoms with Crippen LogP contribution in [0.1, 0.15) is 26.5 Å². The number of furan rings is 1. The van der Waals surface area contributed by atoms with Gasteiger partial charge in [-0.05, 0) is 31.2 Å². The number of aryl methyl sites for hydroxylation is 1. The van der Waals surface area contributed by atoms with Crippen LogP contribution in [-0.4, -0.2) is 17.0 Å². The lowest BCUT2D eigenvalue weighted by molar-refractivity contribution is 0.0698. The lowest BCUT2D eigenvalue weighted by Crippen LogP contribution is -2.15. The molecule has 0 atom stereocenters. The van der Waals surface area contributed by atoms with Gasteiger partial charge in [0.15, 0.2) is 0 Å². The summed E-state index contributed by atoms with van der Waals surface area (Å²) in [5.74, 6) is -1.13. The number of hydrogen-bond acceptors (Lipinski definition) is 4. The fraction of sp³-hybridized carbons (Fsp3) is 0.0769. The summed E-state index contributed by atoms with van der Waals surface area (Å²) >= 11 is 0. The van der Waals surface area contributed by atoms with Gasteiger partial charge in [0.2, 0.25) is 0 Å². The third-order valence-corrected chi connectivity index (χ3v) is 2.63. The molecular weight excluding hydrogens is 248 g/mol. The van der Waals surface area contributed by atoms with Crippen LogP contribution in [0.3, 0.4) is 0 Å². The quantitative estimate of drug-likeness (QED) is 0.733. The van der Waals surface area contributed by atoms with Gasteiger partial charge >= 0.3 is 5.97 Å². The predicted molar refractivity (Wildman–Crippen MR) is 69.2 cm³/mol. The average Bonchev–Trinajstić information content (AvgIpc) is 2.77. The van der Waals surface area contributed by atoms with E-state index in [4.69, 9.17) is 15.3 Å². The Hall–Kier alpha value is -2.76. The number of anilines is 2. The summed E-state index contributed by atoms with van der Waals surface area (Å²) in [6.45, 7) is 1.65. The van der Waals surface area contributed by atoms with Gasteiger partial charge in [-0.15, -0.1) is 0 Å². The first-order valence-corrected chi connectivity index (χ1v) is 5.47. The van der Waals surface area contributed by atoms with Crippen molar-refractivity contribution >= 4 is 23.3 Å². The van der Waals surface area contributed by atoms with Crippen molar-refractivity contribution in [2.75, 3.05) is 11.1 Å². The van der Waals surface area contributed by atoms with Crippen LogP contribution >= 0.6 is 0 Å². The molecule has 2 aromatic rings. The van der Waals surface area contributed by atoms with Gasteiger partial charge in [0.1, 0.15) is 5.76 Å². The SMILES string of the molecule is Cc1occc1C(=O)Nc1ccc(N)cc1C(=O)O. The highest BCUT2D eigenvalue weighted by atomic mass is 16.4. The van der Waals surface area contributed by atoms with Gasteiger partial charge in [-0.25, -0.2) is 4.79 Å². The molecule has 0 fully saturated rings. The topological polar surface area (TPSA) is 106 Å². The van der Waals surface area contributed by atoms with E-state index in [-0.39, 0.29) is 11.3 Å². The number of aromatic carboxylic acids is 1. The molecule has 98 valence electrons. The molecule has 0 unspecified atom stereocenters. The lowest BCUT2D eigenvalue weighted by atomic mass is 10.1. The number of carboxylic acids is 1. The summed E-state index contributed by atoms with van der Waals surface area (Å²) in [4.78, 5) is 23.0. The van der Waals surface area contributed by atoms with Crippen LogP contribution < -0.4 is 11.1 Å². The Kier molecular flexibility index (Phi) is 3.24. The van der Waals surface area contributed by atoms with Gasteiger partial charge in [0, 0.05) is 5.69 Å². The molecule has 0 aliphatic heterocycles. The molecular formula is C13H12N2O4. The minimum atomic E-state index is -1.16. The zero-order valence-corrected chi connectivity index (χ0v) is 10.1. The molecule has 0 aliphatic carbocycles. The molecule has 0 saturated heterocycles. The molecule has 0 bridgehead atoms. The molecule has 6 nitrogen and oxygen atoms in total. The average molecular weight is 260 g/mol. The first-order chi connectivity index (χ1) is 8.99. The third kappa shape index (κ3) is 2.57. The molecule has 19 heavy (non-hydrogen) atoms. The lowest BCUT2D eigenvalue weighted by Gasteiger charge is -2.08. The number of nitrogens with one attached hydrogen (secondary N) is 1. The van der Waals surface area contributed by atoms with Gasteiger partial charge in [-0.3, -0.25) is 4.79 Å². The zero-order chi connectivity index (χ0) is 14.0. The number of carbonyl (C=O) groups excluding carboxylic acids is 1. The van der Waals surface area contributed by atoms with Crippen molar-refractivity contribution in [2.24, 2.45) is 0 Å². The van der Waals surface area contributed by atoms with Crippen LogP contribution in [-0.2, 0) is 0 Å². The van der Waals surface area contributed by atoms with Gasteiger partial charge in [0.05, 0.1) is 23.1 Å². The summed E-state index contributed by atoms with van der Waals surface area (Å²) in [6.07, 6.45) is 1.39. The molecule has 0 saturated carbocycles. The molecule has 4 N–H and O–H groups in total. The summed E-state index contributed by atoms with van der Waals surface area (Å²) in [6, 6.07) is 5.78. The Morgan fingerprint density at radius 1 is 1.26 bits per heavy atom. The second-order valence-corrected chi connectivity index (χ2v) is 3.95. The van der Waals surface area contributed by atoms with Crippen molar-refractivity contribution in [3.63, 3.8) is 0 Å². The molecule has 6 heteroatoms. The minimum Gasteiger partial charge on any atom is -0.478 e. The molecule has 1 aromatic heterocycles. The monoisotopic (exact) mass is 260 g/mol. The standard InChI is InChI=1S/C13H12N2O4/c1-7-9(4-5-19-7)12(16)15-11-3-2-8(14)6-10(11)13(17)18/h2-6H,14H2,1H3,(H,15,16)(H,17,18). The van der Waals surface area contributed by atoms with Crippen LogP contribution in [0.15, 0.2) is 34.9 Å². The minimum absolute atomic E-state index is 0.0607. The highest BCUT2D eigenvalue weighted by molar-refractivity contribution is 6.08. The number of nitrogen functional groups attached to an aromatic ring is 1. The van der Waals surface area contributed by atoms with E-state index in [1.807, 2.05) is 0 Å². The van der Waals surface area contributed by atoms with E-state index in [0.717, 1.165) is 0 Å². The Balaban J connectivity index is 2.32. The molecule has 2 rings (SSSR count). The number of carboxylic acid groups (broad SMARTS) is 1. The van der Waals surface area contributed by atoms with Crippen molar-refractivity contribution in [1.29, 1.82) is 0 Å². The summed E-state index contributed by atoms with van der Waals surface area (Å²) < 4.78 is 5.02. The van der Waals surface area contributed by atoms with E-state index in [2.05, 4.69) is 5.32 Å². The first kappa shape index (κ1) is 12.7. The number of benzene rings is 1. The highest BCUT2D eigenvalue weighted by Crippen LogP contribution is 2.20. The van der Waals surface area contributed by atoms with Crippen LogP contribution in [0.2, 0.25) is 0 Å². The zero-order valence-electron chi connectivity index (χ0n) is 10.1. The fourth-order valence-corrected chi connectivity index (χ4v) is 1.66.